The molecule has 2 aromatic rings. The van der Waals surface area contributed by atoms with Crippen molar-refractivity contribution < 1.29 is 14.1 Å². The predicted octanol–water partition coefficient (Wildman–Crippen LogP) is 3.52. The summed E-state index contributed by atoms with van der Waals surface area (Å²) in [5.41, 5.74) is 3.95. The van der Waals surface area contributed by atoms with Gasteiger partial charge < -0.3 is 9.47 Å². The number of rotatable bonds is 5. The molecule has 0 aromatic heterocycles. The maximum atomic E-state index is 6.80. The lowest BCUT2D eigenvalue weighted by Gasteiger charge is -2.26. The molecule has 0 bridgehead atoms. The Hall–Kier alpha value is -3.06. The Morgan fingerprint density at radius 3 is 2.86 bits per heavy atom. The van der Waals surface area contributed by atoms with E-state index >= 15 is 0 Å². The van der Waals surface area contributed by atoms with Crippen molar-refractivity contribution in [2.45, 2.75) is 13.0 Å². The Kier molecular flexibility index (Phi) is 4.60. The van der Waals surface area contributed by atoms with Crippen LogP contribution >= 0.6 is 0 Å². The van der Waals surface area contributed by atoms with E-state index in [0.717, 1.165) is 47.1 Å². The van der Waals surface area contributed by atoms with Crippen molar-refractivity contribution in [1.29, 1.82) is 0 Å². The standard InChI is InChI=1S/C23H23N4O2/c24-27-11-10-25-14-21(27)22(19-9-12-28-16-19)26-23(27)18-7-4-8-20(13-18)29-15-17-5-2-1-3-6-17/h1-8,10-11,13-14,19H,9,12,15-16,24H2/q+1. The molecule has 0 saturated carbocycles. The number of nitrogens with zero attached hydrogens (tertiary/aromatic N) is 3. The van der Waals surface area contributed by atoms with Crippen molar-refractivity contribution in [2.24, 2.45) is 21.7 Å². The number of amidine groups is 1. The van der Waals surface area contributed by atoms with Gasteiger partial charge in [0.25, 0.3) is 5.84 Å². The van der Waals surface area contributed by atoms with Crippen LogP contribution in [0.3, 0.4) is 0 Å². The monoisotopic (exact) mass is 387 g/mol. The smallest absolute Gasteiger partial charge is 0.265 e. The van der Waals surface area contributed by atoms with Gasteiger partial charge in [0.05, 0.1) is 24.6 Å². The van der Waals surface area contributed by atoms with Gasteiger partial charge in [-0.3, -0.25) is 4.99 Å². The van der Waals surface area contributed by atoms with E-state index in [1.165, 1.54) is 0 Å². The number of allylic oxidation sites excluding steroid dienone is 1. The van der Waals surface area contributed by atoms with Crippen LogP contribution in [0, 0.1) is 5.92 Å². The number of quaternary nitrogens is 1. The van der Waals surface area contributed by atoms with Gasteiger partial charge in [0.15, 0.2) is 0 Å². The second kappa shape index (κ2) is 7.40. The van der Waals surface area contributed by atoms with Gasteiger partial charge in [-0.05, 0) is 30.2 Å². The third-order valence-electron chi connectivity index (χ3n) is 5.48. The molecule has 3 aliphatic heterocycles. The molecule has 6 heteroatoms. The summed E-state index contributed by atoms with van der Waals surface area (Å²) in [5.74, 6) is 8.61. The second-order valence-corrected chi connectivity index (χ2v) is 7.42. The zero-order valence-corrected chi connectivity index (χ0v) is 16.1. The largest absolute Gasteiger partial charge is 0.489 e. The van der Waals surface area contributed by atoms with Crippen LogP contribution in [-0.2, 0) is 11.3 Å². The molecule has 0 spiro atoms. The Morgan fingerprint density at radius 1 is 1.14 bits per heavy atom. The summed E-state index contributed by atoms with van der Waals surface area (Å²) in [5, 5.41) is 0. The first-order valence-corrected chi connectivity index (χ1v) is 9.81. The summed E-state index contributed by atoms with van der Waals surface area (Å²) in [6.45, 7) is 1.94. The Labute approximate surface area is 169 Å². The first-order valence-electron chi connectivity index (χ1n) is 9.81. The fourth-order valence-corrected chi connectivity index (χ4v) is 3.92. The van der Waals surface area contributed by atoms with E-state index in [1.807, 2.05) is 54.9 Å². The number of fused-ring (bicyclic) bond motifs is 1. The fraction of sp³-hybridized carbons (Fsp3) is 0.217. The number of benzene rings is 2. The van der Waals surface area contributed by atoms with Gasteiger partial charge in [0.2, 0.25) is 5.70 Å². The highest BCUT2D eigenvalue weighted by molar-refractivity contribution is 6.00. The highest BCUT2D eigenvalue weighted by Crippen LogP contribution is 2.37. The van der Waals surface area contributed by atoms with Crippen LogP contribution in [0.5, 0.6) is 5.75 Å². The lowest BCUT2D eigenvalue weighted by atomic mass is 10.0. The molecule has 3 aliphatic rings. The molecule has 29 heavy (non-hydrogen) atoms. The molecule has 5 rings (SSSR count). The lowest BCUT2D eigenvalue weighted by Crippen LogP contribution is -2.53. The van der Waals surface area contributed by atoms with Crippen LogP contribution < -0.4 is 10.6 Å². The summed E-state index contributed by atoms with van der Waals surface area (Å²) in [6.07, 6.45) is 6.37. The van der Waals surface area contributed by atoms with Crippen molar-refractivity contribution in [3.05, 3.63) is 89.5 Å². The molecule has 0 amide bonds. The molecule has 2 atom stereocenters. The van der Waals surface area contributed by atoms with Gasteiger partial charge in [-0.1, -0.05) is 36.4 Å². The third kappa shape index (κ3) is 3.31. The zero-order valence-electron chi connectivity index (χ0n) is 16.1. The number of ether oxygens (including phenoxy) is 2. The van der Waals surface area contributed by atoms with Crippen molar-refractivity contribution in [2.75, 3.05) is 13.2 Å². The Balaban J connectivity index is 1.45. The molecule has 1 fully saturated rings. The van der Waals surface area contributed by atoms with E-state index < -0.39 is 0 Å². The third-order valence-corrected chi connectivity index (χ3v) is 5.48. The molecular formula is C23H23N4O2+. The summed E-state index contributed by atoms with van der Waals surface area (Å²) in [7, 11) is 0. The van der Waals surface area contributed by atoms with Crippen molar-refractivity contribution in [3.8, 4) is 5.75 Å². The van der Waals surface area contributed by atoms with Gasteiger partial charge in [0.1, 0.15) is 24.3 Å². The maximum Gasteiger partial charge on any atom is 0.265 e. The molecule has 0 aliphatic carbocycles. The number of hydrogen-bond donors (Lipinski definition) is 1. The van der Waals surface area contributed by atoms with Crippen LogP contribution in [0.4, 0.5) is 0 Å². The molecule has 2 unspecified atom stereocenters. The molecule has 6 nitrogen and oxygen atoms in total. The minimum absolute atomic E-state index is 0.0253. The molecule has 3 heterocycles. The highest BCUT2D eigenvalue weighted by atomic mass is 16.5. The Morgan fingerprint density at radius 2 is 2.03 bits per heavy atom. The van der Waals surface area contributed by atoms with Gasteiger partial charge in [-0.25, -0.2) is 0 Å². The van der Waals surface area contributed by atoms with Crippen LogP contribution in [0.1, 0.15) is 17.5 Å². The summed E-state index contributed by atoms with van der Waals surface area (Å²) in [4.78, 5) is 9.28. The minimum atomic E-state index is 0.0253. The van der Waals surface area contributed by atoms with E-state index in [9.17, 15) is 0 Å². The second-order valence-electron chi connectivity index (χ2n) is 7.42. The fourth-order valence-electron chi connectivity index (χ4n) is 3.92. The van der Waals surface area contributed by atoms with E-state index in [-0.39, 0.29) is 10.5 Å². The van der Waals surface area contributed by atoms with Gasteiger partial charge >= 0.3 is 0 Å². The van der Waals surface area contributed by atoms with Crippen molar-refractivity contribution in [1.82, 2.24) is 0 Å². The van der Waals surface area contributed by atoms with Crippen molar-refractivity contribution >= 4 is 12.1 Å². The average molecular weight is 387 g/mol. The average Bonchev–Trinajstić information content (AvgIpc) is 3.39. The maximum absolute atomic E-state index is 6.80. The van der Waals surface area contributed by atoms with Gasteiger partial charge in [-0.15, -0.1) is 4.59 Å². The van der Waals surface area contributed by atoms with E-state index in [0.29, 0.717) is 13.2 Å². The summed E-state index contributed by atoms with van der Waals surface area (Å²) < 4.78 is 11.6. The quantitative estimate of drug-likeness (QED) is 0.630. The van der Waals surface area contributed by atoms with Gasteiger partial charge in [-0.2, -0.15) is 10.8 Å². The van der Waals surface area contributed by atoms with Crippen LogP contribution in [0.2, 0.25) is 0 Å². The minimum Gasteiger partial charge on any atom is -0.489 e. The normalized spacial score (nSPS) is 25.3. The molecular weight excluding hydrogens is 364 g/mol. The van der Waals surface area contributed by atoms with Crippen LogP contribution in [-0.4, -0.2) is 29.9 Å². The van der Waals surface area contributed by atoms with Crippen LogP contribution in [0.25, 0.3) is 0 Å². The number of nitrogens with two attached hydrogens (primary N) is 1. The van der Waals surface area contributed by atoms with E-state index in [2.05, 4.69) is 17.1 Å². The molecule has 0 radical (unpaired) electrons. The summed E-state index contributed by atoms with van der Waals surface area (Å²) >= 11 is 0. The van der Waals surface area contributed by atoms with Crippen LogP contribution in [0.15, 0.2) is 88.4 Å². The zero-order chi connectivity index (χ0) is 19.7. The van der Waals surface area contributed by atoms with E-state index in [1.54, 1.807) is 6.20 Å². The first-order chi connectivity index (χ1) is 14.2. The van der Waals surface area contributed by atoms with Gasteiger partial charge in [0, 0.05) is 12.5 Å². The SMILES string of the molecule is N[N+]12C=CN=CC1=C(C1CCOC1)N=C2c1cccc(OCc2ccccc2)c1. The molecule has 2 aromatic carbocycles. The topological polar surface area (TPSA) is 69.2 Å². The first kappa shape index (κ1) is 18.0. The molecule has 146 valence electrons. The number of aliphatic imine (C=N–C) groups is 2. The van der Waals surface area contributed by atoms with Crippen molar-refractivity contribution in [3.63, 3.8) is 0 Å². The Bertz CT molecular complexity index is 1040. The summed E-state index contributed by atoms with van der Waals surface area (Å²) in [6, 6.07) is 18.1. The highest BCUT2D eigenvalue weighted by Gasteiger charge is 2.46. The van der Waals surface area contributed by atoms with E-state index in [4.69, 9.17) is 20.3 Å². The molecule has 2 N–H and O–H groups in total. The lowest BCUT2D eigenvalue weighted by molar-refractivity contribution is -0.750. The molecule has 1 saturated heterocycles. The number of hydrogen-bond acceptors (Lipinski definition) is 5. The predicted molar refractivity (Wildman–Crippen MR) is 112 cm³/mol.